The summed E-state index contributed by atoms with van der Waals surface area (Å²) in [6, 6.07) is 7.86. The zero-order valence-corrected chi connectivity index (χ0v) is 12.6. The number of hydrogen-bond donors (Lipinski definition) is 1. The third-order valence-electron chi connectivity index (χ3n) is 3.13. The van der Waals surface area contributed by atoms with Gasteiger partial charge in [0, 0.05) is 24.3 Å². The minimum absolute atomic E-state index is 0.754. The van der Waals surface area contributed by atoms with E-state index in [1.165, 1.54) is 0 Å². The van der Waals surface area contributed by atoms with Crippen LogP contribution in [0.5, 0.6) is 0 Å². The van der Waals surface area contributed by atoms with Gasteiger partial charge in [0.2, 0.25) is 0 Å². The van der Waals surface area contributed by atoms with Gasteiger partial charge in [0.15, 0.2) is 0 Å². The molecule has 0 saturated carbocycles. The Morgan fingerprint density at radius 2 is 2.20 bits per heavy atom. The molecule has 0 bridgehead atoms. The molecule has 1 N–H and O–H groups in total. The quantitative estimate of drug-likeness (QED) is 0.942. The molecule has 2 heterocycles. The van der Waals surface area contributed by atoms with E-state index >= 15 is 0 Å². The van der Waals surface area contributed by atoms with Crippen molar-refractivity contribution >= 4 is 22.9 Å². The molecule has 6 heteroatoms. The molecule has 0 unspecified atom stereocenters. The summed E-state index contributed by atoms with van der Waals surface area (Å²) in [7, 11) is 0. The molecule has 1 aliphatic rings. The second-order valence-corrected chi connectivity index (χ2v) is 6.11. The zero-order valence-electron chi connectivity index (χ0n) is 11.0. The molecular weight excluding hydrogens is 294 g/mol. The molecule has 1 aromatic carbocycles. The first kappa shape index (κ1) is 14.0. The monoisotopic (exact) mass is 309 g/mol. The maximum atomic E-state index is 6.02. The Kier molecular flexibility index (Phi) is 4.65. The van der Waals surface area contributed by atoms with Gasteiger partial charge in [-0.15, -0.1) is 11.3 Å². The van der Waals surface area contributed by atoms with Crippen LogP contribution in [0.15, 0.2) is 30.5 Å². The van der Waals surface area contributed by atoms with Gasteiger partial charge in [-0.05, 0) is 17.7 Å². The number of ether oxygens (including phenoxy) is 1. The van der Waals surface area contributed by atoms with Crippen molar-refractivity contribution in [3.63, 3.8) is 0 Å². The lowest BCUT2D eigenvalue weighted by atomic mass is 10.2. The lowest BCUT2D eigenvalue weighted by molar-refractivity contribution is 0.0105. The van der Waals surface area contributed by atoms with Crippen LogP contribution in [0.2, 0.25) is 5.02 Å². The minimum atomic E-state index is 0.754. The molecule has 4 nitrogen and oxygen atoms in total. The summed E-state index contributed by atoms with van der Waals surface area (Å²) in [4.78, 5) is 5.61. The number of nitrogens with one attached hydrogen (secondary N) is 1. The van der Waals surface area contributed by atoms with Crippen LogP contribution >= 0.6 is 22.9 Å². The fourth-order valence-corrected chi connectivity index (χ4v) is 3.10. The summed E-state index contributed by atoms with van der Waals surface area (Å²) in [5.41, 5.74) is 4.51. The first-order valence-corrected chi connectivity index (χ1v) is 7.77. The van der Waals surface area contributed by atoms with Gasteiger partial charge in [0.05, 0.1) is 24.6 Å². The Balaban J connectivity index is 1.61. The van der Waals surface area contributed by atoms with Gasteiger partial charge in [-0.2, -0.15) is 0 Å². The summed E-state index contributed by atoms with van der Waals surface area (Å²) in [6.07, 6.45) is 1.91. The molecular formula is C14H16ClN3OS. The first-order chi connectivity index (χ1) is 9.81. The van der Waals surface area contributed by atoms with E-state index in [2.05, 4.69) is 21.5 Å². The van der Waals surface area contributed by atoms with E-state index in [-0.39, 0.29) is 0 Å². The average Bonchev–Trinajstić information content (AvgIpc) is 2.95. The average molecular weight is 310 g/mol. The number of hydrazine groups is 1. The maximum Gasteiger partial charge on any atom is 0.108 e. The van der Waals surface area contributed by atoms with E-state index in [9.17, 15) is 0 Å². The fourth-order valence-electron chi connectivity index (χ4n) is 2.07. The van der Waals surface area contributed by atoms with Gasteiger partial charge in [-0.25, -0.2) is 15.4 Å². The maximum absolute atomic E-state index is 6.02. The Morgan fingerprint density at radius 3 is 3.00 bits per heavy atom. The van der Waals surface area contributed by atoms with Crippen LogP contribution < -0.4 is 5.43 Å². The number of hydrogen-bond acceptors (Lipinski definition) is 5. The number of morpholine rings is 1. The Morgan fingerprint density at radius 1 is 1.35 bits per heavy atom. The van der Waals surface area contributed by atoms with Crippen molar-refractivity contribution < 1.29 is 4.74 Å². The zero-order chi connectivity index (χ0) is 13.8. The summed E-state index contributed by atoms with van der Waals surface area (Å²) in [6.45, 7) is 4.18. The predicted molar refractivity (Wildman–Crippen MR) is 81.8 cm³/mol. The number of aromatic nitrogens is 1. The van der Waals surface area contributed by atoms with Gasteiger partial charge >= 0.3 is 0 Å². The second-order valence-electron chi connectivity index (χ2n) is 4.56. The molecule has 0 atom stereocenters. The highest BCUT2D eigenvalue weighted by atomic mass is 35.5. The molecule has 1 aromatic heterocycles. The smallest absolute Gasteiger partial charge is 0.108 e. The molecule has 2 aromatic rings. The third-order valence-corrected chi connectivity index (χ3v) is 4.41. The molecule has 20 heavy (non-hydrogen) atoms. The largest absolute Gasteiger partial charge is 0.379 e. The predicted octanol–water partition coefficient (Wildman–Crippen LogP) is 2.80. The fraction of sp³-hybridized carbons (Fsp3) is 0.357. The molecule has 0 aliphatic carbocycles. The number of rotatable bonds is 4. The van der Waals surface area contributed by atoms with E-state index in [1.807, 2.05) is 24.4 Å². The summed E-state index contributed by atoms with van der Waals surface area (Å²) < 4.78 is 5.32. The van der Waals surface area contributed by atoms with Crippen molar-refractivity contribution in [2.45, 2.75) is 6.54 Å². The van der Waals surface area contributed by atoms with E-state index in [0.29, 0.717) is 0 Å². The van der Waals surface area contributed by atoms with Crippen molar-refractivity contribution in [3.05, 3.63) is 40.5 Å². The van der Waals surface area contributed by atoms with Crippen LogP contribution in [0, 0.1) is 0 Å². The van der Waals surface area contributed by atoms with Crippen LogP contribution in [0.25, 0.3) is 10.4 Å². The lowest BCUT2D eigenvalue weighted by Crippen LogP contribution is -2.45. The van der Waals surface area contributed by atoms with Crippen LogP contribution in [-0.4, -0.2) is 36.3 Å². The standard InChI is InChI=1S/C14H16ClN3OS/c15-12-3-1-2-11(8-12)13-9-16-14(20-13)10-17-18-4-6-19-7-5-18/h1-3,8-9,17H,4-7,10H2. The van der Waals surface area contributed by atoms with Crippen LogP contribution in [0.3, 0.4) is 0 Å². The number of nitrogens with zero attached hydrogens (tertiary/aromatic N) is 2. The molecule has 0 spiro atoms. The number of benzene rings is 1. The SMILES string of the molecule is Clc1cccc(-c2cnc(CNN3CCOCC3)s2)c1. The molecule has 1 fully saturated rings. The minimum Gasteiger partial charge on any atom is -0.379 e. The topological polar surface area (TPSA) is 37.4 Å². The van der Waals surface area contributed by atoms with Crippen LogP contribution in [-0.2, 0) is 11.3 Å². The Bertz CT molecular complexity index is 569. The molecule has 0 amide bonds. The third kappa shape index (κ3) is 3.56. The van der Waals surface area contributed by atoms with E-state index in [0.717, 1.165) is 53.3 Å². The van der Waals surface area contributed by atoms with E-state index in [1.54, 1.807) is 11.3 Å². The molecule has 3 rings (SSSR count). The highest BCUT2D eigenvalue weighted by Gasteiger charge is 2.11. The second kappa shape index (κ2) is 6.65. The Labute approximate surface area is 127 Å². The van der Waals surface area contributed by atoms with Crippen molar-refractivity contribution in [1.82, 2.24) is 15.4 Å². The highest BCUT2D eigenvalue weighted by Crippen LogP contribution is 2.27. The van der Waals surface area contributed by atoms with E-state index < -0.39 is 0 Å². The van der Waals surface area contributed by atoms with Gasteiger partial charge in [-0.3, -0.25) is 0 Å². The van der Waals surface area contributed by atoms with Crippen LogP contribution in [0.1, 0.15) is 5.01 Å². The van der Waals surface area contributed by atoms with Crippen molar-refractivity contribution in [2.75, 3.05) is 26.3 Å². The summed E-state index contributed by atoms with van der Waals surface area (Å²) >= 11 is 7.71. The molecule has 1 saturated heterocycles. The number of thiazole rings is 1. The first-order valence-electron chi connectivity index (χ1n) is 6.58. The normalized spacial score (nSPS) is 16.4. The lowest BCUT2D eigenvalue weighted by Gasteiger charge is -2.26. The van der Waals surface area contributed by atoms with Gasteiger partial charge in [0.25, 0.3) is 0 Å². The summed E-state index contributed by atoms with van der Waals surface area (Å²) in [5, 5.41) is 4.01. The molecule has 0 radical (unpaired) electrons. The van der Waals surface area contributed by atoms with Crippen molar-refractivity contribution in [1.29, 1.82) is 0 Å². The van der Waals surface area contributed by atoms with Gasteiger partial charge in [0.1, 0.15) is 5.01 Å². The Hall–Kier alpha value is -0.980. The van der Waals surface area contributed by atoms with Crippen molar-refractivity contribution in [3.8, 4) is 10.4 Å². The number of halogens is 1. The molecule has 1 aliphatic heterocycles. The van der Waals surface area contributed by atoms with Crippen LogP contribution in [0.4, 0.5) is 0 Å². The summed E-state index contributed by atoms with van der Waals surface area (Å²) in [5.74, 6) is 0. The van der Waals surface area contributed by atoms with Gasteiger partial charge < -0.3 is 4.74 Å². The van der Waals surface area contributed by atoms with Crippen molar-refractivity contribution in [2.24, 2.45) is 0 Å². The van der Waals surface area contributed by atoms with Gasteiger partial charge in [-0.1, -0.05) is 23.7 Å². The molecule has 106 valence electrons. The van der Waals surface area contributed by atoms with E-state index in [4.69, 9.17) is 16.3 Å². The highest BCUT2D eigenvalue weighted by molar-refractivity contribution is 7.15.